The molecule has 3 heterocycles. The average Bonchev–Trinajstić information content (AvgIpc) is 3.46. The number of benzene rings is 1. The molecule has 29 heavy (non-hydrogen) atoms. The molecule has 0 radical (unpaired) electrons. The van der Waals surface area contributed by atoms with Crippen molar-refractivity contribution in [1.82, 2.24) is 4.90 Å². The predicted molar refractivity (Wildman–Crippen MR) is 115 cm³/mol. The summed E-state index contributed by atoms with van der Waals surface area (Å²) in [7, 11) is 0. The van der Waals surface area contributed by atoms with E-state index in [4.69, 9.17) is 4.74 Å². The topological polar surface area (TPSA) is 61.9 Å². The number of carbonyl (C=O) groups excluding carboxylic acids is 2. The Bertz CT molecular complexity index is 816. The van der Waals surface area contributed by atoms with Gasteiger partial charge in [0.25, 0.3) is 0 Å². The monoisotopic (exact) mass is 413 g/mol. The van der Waals surface area contributed by atoms with Crippen LogP contribution in [0.15, 0.2) is 41.8 Å². The highest BCUT2D eigenvalue weighted by Gasteiger charge is 2.23. The van der Waals surface area contributed by atoms with Crippen molar-refractivity contribution in [3.8, 4) is 0 Å². The predicted octanol–water partition coefficient (Wildman–Crippen LogP) is 3.49. The lowest BCUT2D eigenvalue weighted by atomic mass is 10.2. The molecule has 2 aliphatic rings. The summed E-state index contributed by atoms with van der Waals surface area (Å²) in [5.74, 6) is 0.129. The van der Waals surface area contributed by atoms with Gasteiger partial charge in [-0.1, -0.05) is 6.07 Å². The van der Waals surface area contributed by atoms with Gasteiger partial charge in [0.1, 0.15) is 0 Å². The summed E-state index contributed by atoms with van der Waals surface area (Å²) in [6.45, 7) is 3.42. The zero-order valence-electron chi connectivity index (χ0n) is 16.5. The second kappa shape index (κ2) is 9.52. The van der Waals surface area contributed by atoms with Gasteiger partial charge >= 0.3 is 0 Å². The van der Waals surface area contributed by atoms with Crippen LogP contribution in [0.1, 0.15) is 30.6 Å². The van der Waals surface area contributed by atoms with Crippen molar-refractivity contribution in [3.05, 3.63) is 46.7 Å². The Morgan fingerprint density at radius 3 is 2.76 bits per heavy atom. The smallest absolute Gasteiger partial charge is 0.238 e. The first kappa shape index (κ1) is 20.1. The van der Waals surface area contributed by atoms with Crippen molar-refractivity contribution < 1.29 is 14.3 Å². The van der Waals surface area contributed by atoms with Crippen LogP contribution in [0.25, 0.3) is 0 Å². The molecule has 154 valence electrons. The van der Waals surface area contributed by atoms with Gasteiger partial charge in [-0.2, -0.15) is 0 Å². The molecule has 0 spiro atoms. The quantitative estimate of drug-likeness (QED) is 0.720. The van der Waals surface area contributed by atoms with E-state index in [1.165, 1.54) is 4.88 Å². The van der Waals surface area contributed by atoms with Crippen molar-refractivity contribution in [2.45, 2.75) is 38.3 Å². The molecular weight excluding hydrogens is 386 g/mol. The Labute approximate surface area is 175 Å². The van der Waals surface area contributed by atoms with Gasteiger partial charge in [0.2, 0.25) is 11.8 Å². The summed E-state index contributed by atoms with van der Waals surface area (Å²) in [6, 6.07) is 11.7. The van der Waals surface area contributed by atoms with Gasteiger partial charge < -0.3 is 15.0 Å². The molecule has 2 fully saturated rings. The van der Waals surface area contributed by atoms with Crippen molar-refractivity contribution in [3.63, 3.8) is 0 Å². The van der Waals surface area contributed by atoms with E-state index in [9.17, 15) is 9.59 Å². The molecule has 0 aliphatic carbocycles. The molecule has 1 aromatic heterocycles. The summed E-state index contributed by atoms with van der Waals surface area (Å²) in [5, 5.41) is 5.05. The fourth-order valence-electron chi connectivity index (χ4n) is 3.93. The third-order valence-corrected chi connectivity index (χ3v) is 6.21. The van der Waals surface area contributed by atoms with Gasteiger partial charge in [0.15, 0.2) is 0 Å². The van der Waals surface area contributed by atoms with Crippen LogP contribution in [0.5, 0.6) is 0 Å². The van der Waals surface area contributed by atoms with Gasteiger partial charge in [-0.3, -0.25) is 14.5 Å². The summed E-state index contributed by atoms with van der Waals surface area (Å²) in [4.78, 5) is 29.7. The first-order valence-electron chi connectivity index (χ1n) is 10.2. The number of rotatable bonds is 8. The number of nitrogens with zero attached hydrogens (tertiary/aromatic N) is 2. The minimum absolute atomic E-state index is 0.0375. The van der Waals surface area contributed by atoms with Gasteiger partial charge in [-0.05, 0) is 55.0 Å². The number of nitrogens with one attached hydrogen (secondary N) is 1. The van der Waals surface area contributed by atoms with Crippen LogP contribution >= 0.6 is 11.3 Å². The number of hydrogen-bond acceptors (Lipinski definition) is 5. The maximum absolute atomic E-state index is 12.7. The number of carbonyl (C=O) groups is 2. The van der Waals surface area contributed by atoms with Crippen LogP contribution in [-0.4, -0.2) is 49.1 Å². The lowest BCUT2D eigenvalue weighted by Gasteiger charge is -2.24. The van der Waals surface area contributed by atoms with Crippen LogP contribution in [-0.2, 0) is 20.9 Å². The molecule has 1 aromatic carbocycles. The Morgan fingerprint density at radius 1 is 1.24 bits per heavy atom. The third kappa shape index (κ3) is 5.44. The molecular formula is C22H27N3O3S. The molecule has 2 saturated heterocycles. The van der Waals surface area contributed by atoms with Gasteiger partial charge in [0.05, 0.1) is 12.6 Å². The molecule has 1 N–H and O–H groups in total. The number of hydrogen-bond donors (Lipinski definition) is 1. The van der Waals surface area contributed by atoms with E-state index in [-0.39, 0.29) is 17.9 Å². The van der Waals surface area contributed by atoms with Crippen molar-refractivity contribution in [2.24, 2.45) is 0 Å². The first-order valence-corrected chi connectivity index (χ1v) is 11.1. The maximum Gasteiger partial charge on any atom is 0.238 e. The summed E-state index contributed by atoms with van der Waals surface area (Å²) in [6.07, 6.45) is 3.88. The maximum atomic E-state index is 12.7. The minimum atomic E-state index is -0.0375. The Hall–Kier alpha value is -2.22. The molecule has 2 aromatic rings. The van der Waals surface area contributed by atoms with E-state index >= 15 is 0 Å². The Balaban J connectivity index is 1.34. The molecule has 4 rings (SSSR count). The minimum Gasteiger partial charge on any atom is -0.377 e. The summed E-state index contributed by atoms with van der Waals surface area (Å²) in [5.41, 5.74) is 1.64. The molecule has 2 amide bonds. The van der Waals surface area contributed by atoms with E-state index in [0.29, 0.717) is 13.0 Å². The standard InChI is InChI=1S/C22H27N3O3S/c26-21(23-17-7-9-18(10-8-17)25-11-1-6-22(25)27)16-24(14-19-4-2-12-28-19)15-20-5-3-13-29-20/h3,5,7-10,13,19H,1-2,4,6,11-12,14-16H2,(H,23,26)/t19-/m1/s1. The van der Waals surface area contributed by atoms with E-state index in [1.807, 2.05) is 30.3 Å². The van der Waals surface area contributed by atoms with Gasteiger partial charge in [-0.15, -0.1) is 11.3 Å². The van der Waals surface area contributed by atoms with Crippen LogP contribution < -0.4 is 10.2 Å². The summed E-state index contributed by atoms with van der Waals surface area (Å²) < 4.78 is 5.77. The second-order valence-corrected chi connectivity index (χ2v) is 8.66. The Kier molecular flexibility index (Phi) is 6.59. The molecule has 1 atom stereocenters. The lowest BCUT2D eigenvalue weighted by molar-refractivity contribution is -0.118. The molecule has 7 heteroatoms. The average molecular weight is 414 g/mol. The van der Waals surface area contributed by atoms with Crippen molar-refractivity contribution >= 4 is 34.5 Å². The fraction of sp³-hybridized carbons (Fsp3) is 0.455. The van der Waals surface area contributed by atoms with E-state index in [1.54, 1.807) is 16.2 Å². The first-order chi connectivity index (χ1) is 14.2. The van der Waals surface area contributed by atoms with E-state index in [2.05, 4.69) is 21.7 Å². The normalized spacial score (nSPS) is 19.3. The SMILES string of the molecule is O=C(CN(Cc1cccs1)C[C@H]1CCCO1)Nc1ccc(N2CCCC2=O)cc1. The molecule has 0 unspecified atom stereocenters. The summed E-state index contributed by atoms with van der Waals surface area (Å²) >= 11 is 1.71. The molecule has 0 saturated carbocycles. The molecule has 6 nitrogen and oxygen atoms in total. The van der Waals surface area contributed by atoms with E-state index < -0.39 is 0 Å². The highest BCUT2D eigenvalue weighted by Crippen LogP contribution is 2.23. The largest absolute Gasteiger partial charge is 0.377 e. The molecule has 2 aliphatic heterocycles. The zero-order valence-corrected chi connectivity index (χ0v) is 17.3. The van der Waals surface area contributed by atoms with Crippen LogP contribution in [0, 0.1) is 0 Å². The van der Waals surface area contributed by atoms with E-state index in [0.717, 1.165) is 56.9 Å². The van der Waals surface area contributed by atoms with Crippen molar-refractivity contribution in [2.75, 3.05) is 36.5 Å². The Morgan fingerprint density at radius 2 is 2.10 bits per heavy atom. The zero-order chi connectivity index (χ0) is 20.1. The van der Waals surface area contributed by atoms with Gasteiger partial charge in [-0.25, -0.2) is 0 Å². The van der Waals surface area contributed by atoms with Crippen molar-refractivity contribution in [1.29, 1.82) is 0 Å². The highest BCUT2D eigenvalue weighted by molar-refractivity contribution is 7.09. The highest BCUT2D eigenvalue weighted by atomic mass is 32.1. The number of amides is 2. The number of thiophene rings is 1. The van der Waals surface area contributed by atoms with Crippen LogP contribution in [0.3, 0.4) is 0 Å². The number of anilines is 2. The third-order valence-electron chi connectivity index (χ3n) is 5.35. The van der Waals surface area contributed by atoms with Crippen LogP contribution in [0.4, 0.5) is 11.4 Å². The van der Waals surface area contributed by atoms with Crippen LogP contribution in [0.2, 0.25) is 0 Å². The number of ether oxygens (including phenoxy) is 1. The fourth-order valence-corrected chi connectivity index (χ4v) is 4.68. The van der Waals surface area contributed by atoms with Gasteiger partial charge in [0, 0.05) is 48.9 Å². The molecule has 0 bridgehead atoms. The lowest BCUT2D eigenvalue weighted by Crippen LogP contribution is -2.37. The second-order valence-electron chi connectivity index (χ2n) is 7.63.